The number of carbonyl (C=O) groups is 1. The van der Waals surface area contributed by atoms with Gasteiger partial charge in [0, 0.05) is 0 Å². The van der Waals surface area contributed by atoms with Crippen LogP contribution in [0.15, 0.2) is 54.9 Å². The molecule has 0 aliphatic heterocycles. The van der Waals surface area contributed by atoms with Crippen molar-refractivity contribution in [2.24, 2.45) is 0 Å². The molecule has 0 unspecified atom stereocenters. The maximum Gasteiger partial charge on any atom is 0.253 e. The number of nitrogens with zero attached hydrogens (tertiary/aromatic N) is 4. The molecule has 7 nitrogen and oxygen atoms in total. The zero-order valence-electron chi connectivity index (χ0n) is 13.2. The molecule has 128 valence electrons. The molecule has 1 aromatic heterocycles. The average molecular weight is 341 g/mol. The average Bonchev–Trinajstić information content (AvgIpc) is 3.16. The summed E-state index contributed by atoms with van der Waals surface area (Å²) in [5.41, 5.74) is 1.40. The number of aliphatic hydroxyl groups is 1. The summed E-state index contributed by atoms with van der Waals surface area (Å²) in [6.07, 6.45) is 1.77. The molecule has 2 aromatic carbocycles. The Balaban J connectivity index is 1.81. The normalized spacial score (nSPS) is 11.9. The van der Waals surface area contributed by atoms with Gasteiger partial charge in [-0.25, -0.2) is 4.39 Å². The number of carbonyl (C=O) groups excluding carboxylic acids is 1. The predicted molar refractivity (Wildman–Crippen MR) is 87.6 cm³/mol. The molecular formula is C17H16FN5O2. The van der Waals surface area contributed by atoms with E-state index in [2.05, 4.69) is 20.8 Å². The van der Waals surface area contributed by atoms with Gasteiger partial charge in [0.15, 0.2) is 0 Å². The van der Waals surface area contributed by atoms with Crippen LogP contribution in [-0.2, 0) is 6.42 Å². The minimum Gasteiger partial charge on any atom is -0.394 e. The summed E-state index contributed by atoms with van der Waals surface area (Å²) >= 11 is 0. The Morgan fingerprint density at radius 3 is 2.72 bits per heavy atom. The second kappa shape index (κ2) is 7.63. The van der Waals surface area contributed by atoms with Gasteiger partial charge in [-0.1, -0.05) is 30.3 Å². The summed E-state index contributed by atoms with van der Waals surface area (Å²) in [5.74, 6) is -1.06. The molecule has 1 amide bonds. The molecule has 1 heterocycles. The van der Waals surface area contributed by atoms with E-state index in [4.69, 9.17) is 0 Å². The van der Waals surface area contributed by atoms with Crippen molar-refractivity contribution in [3.8, 4) is 5.69 Å². The van der Waals surface area contributed by atoms with Crippen LogP contribution >= 0.6 is 0 Å². The van der Waals surface area contributed by atoms with Crippen LogP contribution in [0, 0.1) is 5.82 Å². The van der Waals surface area contributed by atoms with E-state index in [0.717, 1.165) is 11.6 Å². The third-order valence-electron chi connectivity index (χ3n) is 3.68. The van der Waals surface area contributed by atoms with Gasteiger partial charge in [0.2, 0.25) is 0 Å². The quantitative estimate of drug-likeness (QED) is 0.701. The molecule has 2 N–H and O–H groups in total. The van der Waals surface area contributed by atoms with Crippen LogP contribution < -0.4 is 5.32 Å². The van der Waals surface area contributed by atoms with Crippen LogP contribution in [-0.4, -0.2) is 43.9 Å². The summed E-state index contributed by atoms with van der Waals surface area (Å²) in [7, 11) is 0. The highest BCUT2D eigenvalue weighted by Crippen LogP contribution is 2.15. The van der Waals surface area contributed by atoms with Gasteiger partial charge in [0.25, 0.3) is 5.91 Å². The lowest BCUT2D eigenvalue weighted by Gasteiger charge is -2.17. The summed E-state index contributed by atoms with van der Waals surface area (Å²) in [4.78, 5) is 12.6. The third kappa shape index (κ3) is 4.04. The summed E-state index contributed by atoms with van der Waals surface area (Å²) in [6.45, 7) is -0.240. The Morgan fingerprint density at radius 2 is 2.04 bits per heavy atom. The number of aromatic nitrogens is 4. The number of nitrogens with one attached hydrogen (secondary N) is 1. The lowest BCUT2D eigenvalue weighted by Crippen LogP contribution is -2.39. The van der Waals surface area contributed by atoms with E-state index in [0.29, 0.717) is 12.1 Å². The van der Waals surface area contributed by atoms with Crippen molar-refractivity contribution >= 4 is 5.91 Å². The maximum atomic E-state index is 13.6. The zero-order chi connectivity index (χ0) is 17.6. The molecule has 0 saturated carbocycles. The first kappa shape index (κ1) is 16.7. The van der Waals surface area contributed by atoms with Gasteiger partial charge in [0.05, 0.1) is 23.9 Å². The molecule has 0 spiro atoms. The summed E-state index contributed by atoms with van der Waals surface area (Å²) < 4.78 is 14.9. The lowest BCUT2D eigenvalue weighted by atomic mass is 10.1. The highest BCUT2D eigenvalue weighted by molar-refractivity contribution is 5.98. The van der Waals surface area contributed by atoms with E-state index in [-0.39, 0.29) is 12.2 Å². The first-order valence-corrected chi connectivity index (χ1v) is 7.66. The number of hydrogen-bond acceptors (Lipinski definition) is 5. The van der Waals surface area contributed by atoms with E-state index in [1.165, 1.54) is 23.1 Å². The topological polar surface area (TPSA) is 92.9 Å². The number of hydrogen-bond donors (Lipinski definition) is 2. The predicted octanol–water partition coefficient (Wildman–Crippen LogP) is 1.13. The molecule has 0 aliphatic carbocycles. The van der Waals surface area contributed by atoms with Gasteiger partial charge in [-0.3, -0.25) is 4.79 Å². The number of amides is 1. The van der Waals surface area contributed by atoms with Crippen LogP contribution in [0.3, 0.4) is 0 Å². The molecule has 0 aliphatic rings. The second-order valence-electron chi connectivity index (χ2n) is 5.46. The molecule has 0 radical (unpaired) electrons. The molecule has 0 fully saturated rings. The first-order valence-electron chi connectivity index (χ1n) is 7.66. The summed E-state index contributed by atoms with van der Waals surface area (Å²) in [5, 5.41) is 23.1. The molecule has 3 rings (SSSR count). The Morgan fingerprint density at radius 1 is 1.24 bits per heavy atom. The minimum absolute atomic E-state index is 0.0822. The van der Waals surface area contributed by atoms with Gasteiger partial charge in [-0.2, -0.15) is 4.68 Å². The SMILES string of the molecule is O=C(N[C@@H](CO)Cc1ccccc1)c1cc(F)ccc1-n1cnnn1. The van der Waals surface area contributed by atoms with Crippen LogP contribution in [0.5, 0.6) is 0 Å². The maximum absolute atomic E-state index is 13.6. The fourth-order valence-electron chi connectivity index (χ4n) is 2.48. The second-order valence-corrected chi connectivity index (χ2v) is 5.46. The number of tetrazole rings is 1. The van der Waals surface area contributed by atoms with Crippen LogP contribution in [0.4, 0.5) is 4.39 Å². The van der Waals surface area contributed by atoms with Crippen molar-refractivity contribution in [2.45, 2.75) is 12.5 Å². The smallest absolute Gasteiger partial charge is 0.253 e. The number of rotatable bonds is 6. The molecule has 25 heavy (non-hydrogen) atoms. The monoisotopic (exact) mass is 341 g/mol. The number of aliphatic hydroxyl groups excluding tert-OH is 1. The largest absolute Gasteiger partial charge is 0.394 e. The fourth-order valence-corrected chi connectivity index (χ4v) is 2.48. The number of benzene rings is 2. The van der Waals surface area contributed by atoms with E-state index < -0.39 is 17.8 Å². The van der Waals surface area contributed by atoms with Crippen molar-refractivity contribution < 1.29 is 14.3 Å². The van der Waals surface area contributed by atoms with Gasteiger partial charge < -0.3 is 10.4 Å². The summed E-state index contributed by atoms with van der Waals surface area (Å²) in [6, 6.07) is 12.7. The Labute approximate surface area is 143 Å². The molecule has 0 bridgehead atoms. The van der Waals surface area contributed by atoms with Crippen LogP contribution in [0.1, 0.15) is 15.9 Å². The first-order chi connectivity index (χ1) is 12.2. The molecule has 0 saturated heterocycles. The Bertz CT molecular complexity index is 840. The Hall–Kier alpha value is -3.13. The van der Waals surface area contributed by atoms with Crippen molar-refractivity contribution in [1.82, 2.24) is 25.5 Å². The van der Waals surface area contributed by atoms with Crippen molar-refractivity contribution in [1.29, 1.82) is 0 Å². The highest BCUT2D eigenvalue weighted by atomic mass is 19.1. The van der Waals surface area contributed by atoms with E-state index in [1.807, 2.05) is 30.3 Å². The van der Waals surface area contributed by atoms with Gasteiger partial charge in [0.1, 0.15) is 12.1 Å². The van der Waals surface area contributed by atoms with E-state index in [1.54, 1.807) is 0 Å². The Kier molecular flexibility index (Phi) is 5.10. The van der Waals surface area contributed by atoms with Crippen molar-refractivity contribution in [3.63, 3.8) is 0 Å². The van der Waals surface area contributed by atoms with Gasteiger partial charge >= 0.3 is 0 Å². The molecule has 1 atom stereocenters. The number of halogens is 1. The fraction of sp³-hybridized carbons (Fsp3) is 0.176. The minimum atomic E-state index is -0.550. The standard InChI is InChI=1S/C17H16FN5O2/c18-13-6-7-16(23-11-19-21-22-23)15(9-13)17(25)20-14(10-24)8-12-4-2-1-3-5-12/h1-7,9,11,14,24H,8,10H2,(H,20,25)/t14-/m1/s1. The van der Waals surface area contributed by atoms with E-state index >= 15 is 0 Å². The highest BCUT2D eigenvalue weighted by Gasteiger charge is 2.18. The zero-order valence-corrected chi connectivity index (χ0v) is 13.2. The molecule has 8 heteroatoms. The van der Waals surface area contributed by atoms with Crippen molar-refractivity contribution in [2.75, 3.05) is 6.61 Å². The lowest BCUT2D eigenvalue weighted by molar-refractivity contribution is 0.0916. The van der Waals surface area contributed by atoms with Gasteiger partial charge in [-0.05, 0) is 40.6 Å². The van der Waals surface area contributed by atoms with E-state index in [9.17, 15) is 14.3 Å². The van der Waals surface area contributed by atoms with Gasteiger partial charge in [-0.15, -0.1) is 5.10 Å². The third-order valence-corrected chi connectivity index (χ3v) is 3.68. The molecular weight excluding hydrogens is 325 g/mol. The van der Waals surface area contributed by atoms with Crippen molar-refractivity contribution in [3.05, 3.63) is 71.8 Å². The van der Waals surface area contributed by atoms with Crippen LogP contribution in [0.25, 0.3) is 5.69 Å². The van der Waals surface area contributed by atoms with Crippen LogP contribution in [0.2, 0.25) is 0 Å². The molecule has 3 aromatic rings.